The third-order valence-corrected chi connectivity index (χ3v) is 6.85. The van der Waals surface area contributed by atoms with E-state index in [9.17, 15) is 0 Å². The van der Waals surface area contributed by atoms with Crippen LogP contribution in [0, 0.1) is 0 Å². The van der Waals surface area contributed by atoms with Gasteiger partial charge in [0.1, 0.15) is 0 Å². The molecule has 0 amide bonds. The first-order valence-electron chi connectivity index (χ1n) is 5.54. The van der Waals surface area contributed by atoms with Crippen LogP contribution in [0.1, 0.15) is 12.8 Å². The van der Waals surface area contributed by atoms with Crippen molar-refractivity contribution in [3.05, 3.63) is 32.8 Å². The van der Waals surface area contributed by atoms with E-state index in [0.717, 1.165) is 0 Å². The molecule has 0 spiro atoms. The first-order valence-corrected chi connectivity index (χ1v) is 9.54. The molecule has 2 heterocycles. The predicted octanol–water partition coefficient (Wildman–Crippen LogP) is 4.97. The van der Waals surface area contributed by atoms with E-state index < -0.39 is 0 Å². The first-order chi connectivity index (χ1) is 7.95. The topological polar surface area (TPSA) is 0 Å². The Labute approximate surface area is 115 Å². The van der Waals surface area contributed by atoms with Crippen molar-refractivity contribution in [1.82, 2.24) is 0 Å². The lowest BCUT2D eigenvalue weighted by Gasteiger charge is -2.11. The van der Waals surface area contributed by atoms with Crippen molar-refractivity contribution in [2.75, 3.05) is 23.0 Å². The molecule has 0 aromatic rings. The molecule has 0 aromatic carbocycles. The maximum Gasteiger partial charge on any atom is 0.0400 e. The van der Waals surface area contributed by atoms with Gasteiger partial charge in [0.05, 0.1) is 0 Å². The van der Waals surface area contributed by atoms with Gasteiger partial charge >= 0.3 is 0 Å². The summed E-state index contributed by atoms with van der Waals surface area (Å²) >= 11 is 7.92. The Bertz CT molecular complexity index is 296. The molecule has 1 fully saturated rings. The van der Waals surface area contributed by atoms with Gasteiger partial charge < -0.3 is 0 Å². The number of thioether (sulfide) groups is 4. The van der Waals surface area contributed by atoms with Gasteiger partial charge in [-0.05, 0) is 53.4 Å². The summed E-state index contributed by atoms with van der Waals surface area (Å²) in [6, 6.07) is 0. The standard InChI is InChI=1S/C12H16S4/c1(5-12-15-8-3-9-16-12)4-11-10-13-6-2-7-14-11/h1,4-5,10H,2-3,6-9H2/b4-1+. The second-order valence-corrected chi connectivity index (χ2v) is 8.17. The van der Waals surface area contributed by atoms with E-state index in [2.05, 4.69) is 23.6 Å². The highest BCUT2D eigenvalue weighted by molar-refractivity contribution is 8.22. The van der Waals surface area contributed by atoms with Crippen LogP contribution in [0.3, 0.4) is 0 Å². The minimum atomic E-state index is 1.27. The third kappa shape index (κ3) is 4.86. The Morgan fingerprint density at radius 1 is 0.938 bits per heavy atom. The smallest absolute Gasteiger partial charge is 0.0400 e. The van der Waals surface area contributed by atoms with Gasteiger partial charge in [-0.3, -0.25) is 0 Å². The molecule has 2 rings (SSSR count). The Morgan fingerprint density at radius 3 is 2.56 bits per heavy atom. The Morgan fingerprint density at radius 2 is 1.69 bits per heavy atom. The number of hydrogen-bond acceptors (Lipinski definition) is 4. The fraction of sp³-hybridized carbons (Fsp3) is 0.500. The van der Waals surface area contributed by atoms with Crippen LogP contribution < -0.4 is 0 Å². The highest BCUT2D eigenvalue weighted by Gasteiger charge is 2.04. The molecule has 0 bridgehead atoms. The molecule has 0 radical (unpaired) electrons. The van der Waals surface area contributed by atoms with E-state index in [1.54, 1.807) is 0 Å². The van der Waals surface area contributed by atoms with Crippen molar-refractivity contribution in [2.45, 2.75) is 12.8 Å². The molecule has 2 aliphatic heterocycles. The van der Waals surface area contributed by atoms with Gasteiger partial charge in [-0.1, -0.05) is 6.08 Å². The van der Waals surface area contributed by atoms with Crippen LogP contribution in [-0.4, -0.2) is 23.0 Å². The molecule has 2 aliphatic rings. The summed E-state index contributed by atoms with van der Waals surface area (Å²) < 4.78 is 1.48. The summed E-state index contributed by atoms with van der Waals surface area (Å²) in [5.41, 5.74) is 0. The molecule has 0 aromatic heterocycles. The summed E-state index contributed by atoms with van der Waals surface area (Å²) in [7, 11) is 0. The third-order valence-electron chi connectivity index (χ3n) is 2.14. The quantitative estimate of drug-likeness (QED) is 0.703. The van der Waals surface area contributed by atoms with Gasteiger partial charge in [0.2, 0.25) is 0 Å². The van der Waals surface area contributed by atoms with Crippen LogP contribution >= 0.6 is 47.0 Å². The molecular formula is C12H16S4. The summed E-state index contributed by atoms with van der Waals surface area (Å²) in [6.45, 7) is 0. The van der Waals surface area contributed by atoms with Crippen LogP contribution in [0.5, 0.6) is 0 Å². The molecule has 0 nitrogen and oxygen atoms in total. The van der Waals surface area contributed by atoms with Crippen LogP contribution in [0.4, 0.5) is 0 Å². The van der Waals surface area contributed by atoms with Gasteiger partial charge in [-0.25, -0.2) is 0 Å². The molecule has 0 unspecified atom stereocenters. The monoisotopic (exact) mass is 288 g/mol. The van der Waals surface area contributed by atoms with E-state index in [1.807, 2.05) is 47.0 Å². The Hall–Kier alpha value is 0.620. The molecular weight excluding hydrogens is 272 g/mol. The van der Waals surface area contributed by atoms with Gasteiger partial charge in [0.15, 0.2) is 0 Å². The minimum absolute atomic E-state index is 1.27. The zero-order chi connectivity index (χ0) is 11.1. The summed E-state index contributed by atoms with van der Waals surface area (Å²) in [6.07, 6.45) is 9.42. The molecule has 1 saturated heterocycles. The van der Waals surface area contributed by atoms with Gasteiger partial charge in [0.25, 0.3) is 0 Å². The van der Waals surface area contributed by atoms with Gasteiger partial charge in [-0.2, -0.15) is 0 Å². The lowest BCUT2D eigenvalue weighted by atomic mass is 10.5. The van der Waals surface area contributed by atoms with E-state index in [0.29, 0.717) is 0 Å². The number of rotatable bonds is 2. The highest BCUT2D eigenvalue weighted by atomic mass is 32.2. The van der Waals surface area contributed by atoms with Crippen LogP contribution in [0.2, 0.25) is 0 Å². The highest BCUT2D eigenvalue weighted by Crippen LogP contribution is 2.34. The van der Waals surface area contributed by atoms with Crippen molar-refractivity contribution in [2.24, 2.45) is 0 Å². The zero-order valence-corrected chi connectivity index (χ0v) is 12.5. The predicted molar refractivity (Wildman–Crippen MR) is 84.4 cm³/mol. The molecule has 16 heavy (non-hydrogen) atoms. The zero-order valence-electron chi connectivity index (χ0n) is 9.19. The molecule has 0 saturated carbocycles. The molecule has 0 aliphatic carbocycles. The van der Waals surface area contributed by atoms with Crippen molar-refractivity contribution in [1.29, 1.82) is 0 Å². The SMILES string of the molecule is C1=C(/C=C/C=C2SCCCS2)SCCCS1. The second kappa shape index (κ2) is 7.85. The second-order valence-electron chi connectivity index (χ2n) is 3.49. The molecule has 0 atom stereocenters. The maximum atomic E-state index is 2.30. The number of allylic oxidation sites excluding steroid dienone is 3. The lowest BCUT2D eigenvalue weighted by molar-refractivity contribution is 1.12. The van der Waals surface area contributed by atoms with Crippen molar-refractivity contribution in [3.8, 4) is 0 Å². The van der Waals surface area contributed by atoms with Crippen molar-refractivity contribution in [3.63, 3.8) is 0 Å². The van der Waals surface area contributed by atoms with Crippen LogP contribution in [0.25, 0.3) is 0 Å². The average molecular weight is 289 g/mol. The normalized spacial score (nSPS) is 23.0. The summed E-state index contributed by atoms with van der Waals surface area (Å²) in [5, 5.41) is 2.30. The molecule has 4 heteroatoms. The average Bonchev–Trinajstić information content (AvgIpc) is 2.59. The van der Waals surface area contributed by atoms with E-state index in [-0.39, 0.29) is 0 Å². The number of hydrogen-bond donors (Lipinski definition) is 0. The molecule has 0 N–H and O–H groups in total. The first kappa shape index (κ1) is 13.1. The molecule has 88 valence electrons. The van der Waals surface area contributed by atoms with Gasteiger partial charge in [0, 0.05) is 9.14 Å². The van der Waals surface area contributed by atoms with Crippen LogP contribution in [0.15, 0.2) is 32.8 Å². The van der Waals surface area contributed by atoms with Crippen molar-refractivity contribution < 1.29 is 0 Å². The van der Waals surface area contributed by atoms with E-state index in [1.165, 1.54) is 45.0 Å². The van der Waals surface area contributed by atoms with Crippen molar-refractivity contribution >= 4 is 47.0 Å². The summed E-state index contributed by atoms with van der Waals surface area (Å²) in [4.78, 5) is 1.42. The van der Waals surface area contributed by atoms with Gasteiger partial charge in [-0.15, -0.1) is 47.0 Å². The lowest BCUT2D eigenvalue weighted by Crippen LogP contribution is -1.90. The minimum Gasteiger partial charge on any atom is -0.133 e. The Balaban J connectivity index is 1.85. The van der Waals surface area contributed by atoms with E-state index in [4.69, 9.17) is 0 Å². The largest absolute Gasteiger partial charge is 0.133 e. The maximum absolute atomic E-state index is 2.30. The fourth-order valence-electron chi connectivity index (χ4n) is 1.36. The Kier molecular flexibility index (Phi) is 6.41. The van der Waals surface area contributed by atoms with Crippen LogP contribution in [-0.2, 0) is 0 Å². The fourth-order valence-corrected chi connectivity index (χ4v) is 5.73. The summed E-state index contributed by atoms with van der Waals surface area (Å²) in [5.74, 6) is 5.13. The van der Waals surface area contributed by atoms with E-state index >= 15 is 0 Å².